The Kier molecular flexibility index (Phi) is 7.27. The summed E-state index contributed by atoms with van der Waals surface area (Å²) in [6, 6.07) is 17.7. The van der Waals surface area contributed by atoms with Gasteiger partial charge in [-0.15, -0.1) is 10.2 Å². The molecule has 0 spiro atoms. The number of nitrogens with one attached hydrogen (secondary N) is 1. The summed E-state index contributed by atoms with van der Waals surface area (Å²) in [7, 11) is 0. The lowest BCUT2D eigenvalue weighted by Crippen LogP contribution is -2.51. The molecular weight excluding hydrogens is 442 g/mol. The van der Waals surface area contributed by atoms with Gasteiger partial charge in [0.1, 0.15) is 5.54 Å². The van der Waals surface area contributed by atoms with Crippen LogP contribution in [0, 0.1) is 24.2 Å². The number of carbonyl (C=O) groups excluding carboxylic acids is 1. The van der Waals surface area contributed by atoms with Crippen LogP contribution in [0.2, 0.25) is 5.02 Å². The van der Waals surface area contributed by atoms with E-state index in [1.165, 1.54) is 11.8 Å². The zero-order chi connectivity index (χ0) is 23.5. The number of aryl methyl sites for hydroxylation is 1. The van der Waals surface area contributed by atoms with E-state index in [2.05, 4.69) is 21.6 Å². The molecule has 1 aromatic heterocycles. The minimum atomic E-state index is -0.942. The number of rotatable bonds is 7. The Labute approximate surface area is 198 Å². The molecule has 1 amide bonds. The fraction of sp³-hybridized carbons (Fsp3) is 0.333. The Hall–Kier alpha value is -2.82. The third-order valence-electron chi connectivity index (χ3n) is 5.45. The van der Waals surface area contributed by atoms with E-state index in [0.29, 0.717) is 16.0 Å². The number of nitrogens with zero attached hydrogens (tertiary/aromatic N) is 4. The molecule has 0 aliphatic heterocycles. The molecular formula is C24H26ClN5OS. The Morgan fingerprint density at radius 3 is 2.31 bits per heavy atom. The minimum absolute atomic E-state index is 0.0282. The van der Waals surface area contributed by atoms with Crippen molar-refractivity contribution in [2.45, 2.75) is 50.6 Å². The van der Waals surface area contributed by atoms with E-state index >= 15 is 0 Å². The first-order valence-corrected chi connectivity index (χ1v) is 11.6. The van der Waals surface area contributed by atoms with E-state index < -0.39 is 10.8 Å². The van der Waals surface area contributed by atoms with Gasteiger partial charge in [0.25, 0.3) is 0 Å². The Morgan fingerprint density at radius 2 is 1.75 bits per heavy atom. The van der Waals surface area contributed by atoms with Crippen LogP contribution in [0.15, 0.2) is 53.7 Å². The Morgan fingerprint density at radius 1 is 1.12 bits per heavy atom. The average Bonchev–Trinajstić information content (AvgIpc) is 3.17. The van der Waals surface area contributed by atoms with Crippen molar-refractivity contribution in [1.82, 2.24) is 20.1 Å². The molecule has 0 radical (unpaired) electrons. The van der Waals surface area contributed by atoms with Gasteiger partial charge in [0, 0.05) is 16.3 Å². The van der Waals surface area contributed by atoms with Crippen LogP contribution in [0.3, 0.4) is 0 Å². The molecule has 6 nitrogen and oxygen atoms in total. The molecule has 0 saturated heterocycles. The van der Waals surface area contributed by atoms with Crippen LogP contribution in [-0.2, 0) is 4.79 Å². The van der Waals surface area contributed by atoms with Crippen molar-refractivity contribution in [3.63, 3.8) is 0 Å². The zero-order valence-corrected chi connectivity index (χ0v) is 20.3. The summed E-state index contributed by atoms with van der Waals surface area (Å²) >= 11 is 7.38. The van der Waals surface area contributed by atoms with Gasteiger partial charge in [-0.25, -0.2) is 0 Å². The fourth-order valence-electron chi connectivity index (χ4n) is 2.93. The summed E-state index contributed by atoms with van der Waals surface area (Å²) < 4.78 is 1.92. The number of halogens is 1. The first-order valence-electron chi connectivity index (χ1n) is 10.3. The van der Waals surface area contributed by atoms with Crippen LogP contribution in [0.5, 0.6) is 0 Å². The lowest BCUT2D eigenvalue weighted by Gasteiger charge is -2.28. The number of hydrogen-bond donors (Lipinski definition) is 1. The van der Waals surface area contributed by atoms with Gasteiger partial charge >= 0.3 is 0 Å². The van der Waals surface area contributed by atoms with Gasteiger partial charge in [0.05, 0.1) is 11.3 Å². The molecule has 0 aliphatic rings. The average molecular weight is 468 g/mol. The molecule has 1 heterocycles. The predicted octanol–water partition coefficient (Wildman–Crippen LogP) is 5.43. The SMILES string of the molecule is Cc1ccc(-c2nnc(SC(C)C(=O)NC(C)(C#N)C(C)C)n2-c2ccc(Cl)cc2)cc1. The third kappa shape index (κ3) is 5.14. The predicted molar refractivity (Wildman–Crippen MR) is 129 cm³/mol. The van der Waals surface area contributed by atoms with E-state index in [4.69, 9.17) is 11.6 Å². The lowest BCUT2D eigenvalue weighted by molar-refractivity contribution is -0.121. The Balaban J connectivity index is 1.96. The number of amides is 1. The molecule has 0 bridgehead atoms. The van der Waals surface area contributed by atoms with Crippen molar-refractivity contribution >= 4 is 29.3 Å². The van der Waals surface area contributed by atoms with E-state index in [0.717, 1.165) is 16.8 Å². The maximum atomic E-state index is 12.9. The second kappa shape index (κ2) is 9.76. The van der Waals surface area contributed by atoms with E-state index in [1.54, 1.807) is 26.0 Å². The van der Waals surface area contributed by atoms with Crippen molar-refractivity contribution in [3.05, 3.63) is 59.1 Å². The highest BCUT2D eigenvalue weighted by Crippen LogP contribution is 2.31. The van der Waals surface area contributed by atoms with Gasteiger partial charge in [-0.05, 0) is 51.0 Å². The van der Waals surface area contributed by atoms with Gasteiger partial charge in [-0.3, -0.25) is 9.36 Å². The normalized spacial score (nSPS) is 13.9. The quantitative estimate of drug-likeness (QED) is 0.468. The van der Waals surface area contributed by atoms with Gasteiger partial charge in [-0.1, -0.05) is 67.0 Å². The maximum Gasteiger partial charge on any atom is 0.234 e. The lowest BCUT2D eigenvalue weighted by atomic mass is 9.90. The second-order valence-corrected chi connectivity index (χ2v) is 9.95. The second-order valence-electron chi connectivity index (χ2n) is 8.20. The molecule has 0 aliphatic carbocycles. The van der Waals surface area contributed by atoms with Gasteiger partial charge < -0.3 is 5.32 Å². The summed E-state index contributed by atoms with van der Waals surface area (Å²) in [6.45, 7) is 9.38. The molecule has 0 fully saturated rings. The minimum Gasteiger partial charge on any atom is -0.337 e. The van der Waals surface area contributed by atoms with Gasteiger partial charge in [0.15, 0.2) is 11.0 Å². The highest BCUT2D eigenvalue weighted by atomic mass is 35.5. The molecule has 0 saturated carbocycles. The zero-order valence-electron chi connectivity index (χ0n) is 18.8. The molecule has 2 aromatic carbocycles. The molecule has 3 aromatic rings. The first kappa shape index (κ1) is 23.8. The smallest absolute Gasteiger partial charge is 0.234 e. The maximum absolute atomic E-state index is 12.9. The highest BCUT2D eigenvalue weighted by molar-refractivity contribution is 8.00. The summed E-state index contributed by atoms with van der Waals surface area (Å²) in [5.74, 6) is 0.418. The molecule has 1 N–H and O–H groups in total. The topological polar surface area (TPSA) is 83.6 Å². The molecule has 166 valence electrons. The number of benzene rings is 2. The third-order valence-corrected chi connectivity index (χ3v) is 6.74. The van der Waals surface area contributed by atoms with Gasteiger partial charge in [0.2, 0.25) is 5.91 Å². The largest absolute Gasteiger partial charge is 0.337 e. The van der Waals surface area contributed by atoms with Crippen LogP contribution < -0.4 is 5.32 Å². The van der Waals surface area contributed by atoms with E-state index in [1.807, 2.05) is 61.7 Å². The van der Waals surface area contributed by atoms with E-state index in [-0.39, 0.29) is 11.8 Å². The number of nitriles is 1. The van der Waals surface area contributed by atoms with E-state index in [9.17, 15) is 10.1 Å². The summed E-state index contributed by atoms with van der Waals surface area (Å²) in [6.07, 6.45) is 0. The van der Waals surface area contributed by atoms with Crippen molar-refractivity contribution in [1.29, 1.82) is 5.26 Å². The number of aromatic nitrogens is 3. The van der Waals surface area contributed by atoms with Crippen LogP contribution in [0.1, 0.15) is 33.3 Å². The first-order chi connectivity index (χ1) is 15.1. The van der Waals surface area contributed by atoms with Crippen LogP contribution in [0.25, 0.3) is 17.1 Å². The monoisotopic (exact) mass is 467 g/mol. The van der Waals surface area contributed by atoms with Crippen LogP contribution in [0.4, 0.5) is 0 Å². The van der Waals surface area contributed by atoms with Crippen molar-refractivity contribution in [3.8, 4) is 23.1 Å². The number of carbonyl (C=O) groups is 1. The Bertz CT molecular complexity index is 1130. The van der Waals surface area contributed by atoms with Gasteiger partial charge in [-0.2, -0.15) is 5.26 Å². The molecule has 32 heavy (non-hydrogen) atoms. The van der Waals surface area contributed by atoms with Crippen molar-refractivity contribution < 1.29 is 4.79 Å². The van der Waals surface area contributed by atoms with Crippen LogP contribution in [-0.4, -0.2) is 31.5 Å². The van der Waals surface area contributed by atoms with Crippen LogP contribution >= 0.6 is 23.4 Å². The molecule has 3 rings (SSSR count). The summed E-state index contributed by atoms with van der Waals surface area (Å²) in [5.41, 5.74) is 1.97. The fourth-order valence-corrected chi connectivity index (χ4v) is 3.92. The summed E-state index contributed by atoms with van der Waals surface area (Å²) in [5, 5.41) is 21.9. The summed E-state index contributed by atoms with van der Waals surface area (Å²) in [4.78, 5) is 12.9. The van der Waals surface area contributed by atoms with Crippen molar-refractivity contribution in [2.75, 3.05) is 0 Å². The molecule has 2 atom stereocenters. The number of thioether (sulfide) groups is 1. The molecule has 2 unspecified atom stereocenters. The molecule has 8 heteroatoms. The number of hydrogen-bond acceptors (Lipinski definition) is 5. The van der Waals surface area contributed by atoms with Crippen molar-refractivity contribution in [2.24, 2.45) is 5.92 Å². The standard InChI is InChI=1S/C24H26ClN5OS/c1-15(2)24(5,14-26)27-22(31)17(4)32-23-29-28-21(18-8-6-16(3)7-9-18)30(23)20-12-10-19(25)11-13-20/h6-13,15,17H,1-5H3,(H,27,31). The highest BCUT2D eigenvalue weighted by Gasteiger charge is 2.32.